The van der Waals surface area contributed by atoms with Gasteiger partial charge >= 0.3 is 0 Å². The molecule has 74 valence electrons. The SMILES string of the molecule is O=C(c1cccc(I)c1)N1CCSC1. The van der Waals surface area contributed by atoms with Crippen LogP contribution in [0.25, 0.3) is 0 Å². The van der Waals surface area contributed by atoms with Crippen LogP contribution in [0.4, 0.5) is 0 Å². The lowest BCUT2D eigenvalue weighted by atomic mass is 10.2. The number of rotatable bonds is 1. The van der Waals surface area contributed by atoms with E-state index >= 15 is 0 Å². The average molecular weight is 319 g/mol. The quantitative estimate of drug-likeness (QED) is 0.741. The standard InChI is InChI=1S/C10H10INOS/c11-9-3-1-2-8(6-9)10(13)12-4-5-14-7-12/h1-3,6H,4-5,7H2. The Balaban J connectivity index is 2.17. The summed E-state index contributed by atoms with van der Waals surface area (Å²) >= 11 is 4.04. The second kappa shape index (κ2) is 4.53. The Morgan fingerprint density at radius 3 is 3.00 bits per heavy atom. The van der Waals surface area contributed by atoms with Crippen molar-refractivity contribution in [1.29, 1.82) is 0 Å². The zero-order valence-corrected chi connectivity index (χ0v) is 10.5. The third kappa shape index (κ3) is 2.23. The Morgan fingerprint density at radius 1 is 1.50 bits per heavy atom. The third-order valence-electron chi connectivity index (χ3n) is 2.11. The molecule has 2 rings (SSSR count). The number of carbonyl (C=O) groups excluding carboxylic acids is 1. The average Bonchev–Trinajstić information content (AvgIpc) is 2.69. The fraction of sp³-hybridized carbons (Fsp3) is 0.300. The van der Waals surface area contributed by atoms with Gasteiger partial charge in [-0.1, -0.05) is 6.07 Å². The van der Waals surface area contributed by atoms with Crippen molar-refractivity contribution >= 4 is 40.3 Å². The number of hydrogen-bond donors (Lipinski definition) is 0. The highest BCUT2D eigenvalue weighted by Crippen LogP contribution is 2.17. The van der Waals surface area contributed by atoms with Crippen LogP contribution in [0.5, 0.6) is 0 Å². The summed E-state index contributed by atoms with van der Waals surface area (Å²) in [5.74, 6) is 2.06. The lowest BCUT2D eigenvalue weighted by Crippen LogP contribution is -2.27. The van der Waals surface area contributed by atoms with Crippen molar-refractivity contribution in [3.05, 3.63) is 33.4 Å². The Hall–Kier alpha value is -0.230. The first kappa shape index (κ1) is 10.3. The van der Waals surface area contributed by atoms with E-state index in [2.05, 4.69) is 22.6 Å². The van der Waals surface area contributed by atoms with Gasteiger partial charge in [-0.2, -0.15) is 0 Å². The maximum absolute atomic E-state index is 11.9. The molecule has 1 fully saturated rings. The molecule has 0 N–H and O–H groups in total. The summed E-state index contributed by atoms with van der Waals surface area (Å²) in [6, 6.07) is 7.74. The Labute approximate surface area is 101 Å². The largest absolute Gasteiger partial charge is 0.329 e. The highest BCUT2D eigenvalue weighted by atomic mass is 127. The molecule has 1 heterocycles. The van der Waals surface area contributed by atoms with Crippen LogP contribution in [0.1, 0.15) is 10.4 Å². The molecule has 0 aliphatic carbocycles. The number of halogens is 1. The zero-order valence-electron chi connectivity index (χ0n) is 7.57. The van der Waals surface area contributed by atoms with E-state index in [0.29, 0.717) is 0 Å². The molecular formula is C10H10INOS. The van der Waals surface area contributed by atoms with Crippen LogP contribution < -0.4 is 0 Å². The fourth-order valence-electron chi connectivity index (χ4n) is 1.38. The molecule has 0 unspecified atom stereocenters. The summed E-state index contributed by atoms with van der Waals surface area (Å²) in [6.07, 6.45) is 0. The van der Waals surface area contributed by atoms with E-state index < -0.39 is 0 Å². The highest BCUT2D eigenvalue weighted by Gasteiger charge is 2.19. The van der Waals surface area contributed by atoms with Crippen LogP contribution in [0.15, 0.2) is 24.3 Å². The van der Waals surface area contributed by atoms with Crippen LogP contribution in [0.2, 0.25) is 0 Å². The maximum Gasteiger partial charge on any atom is 0.254 e. The van der Waals surface area contributed by atoms with Gasteiger partial charge in [0.05, 0.1) is 5.88 Å². The zero-order chi connectivity index (χ0) is 9.97. The highest BCUT2D eigenvalue weighted by molar-refractivity contribution is 14.1. The number of hydrogen-bond acceptors (Lipinski definition) is 2. The molecule has 1 aromatic rings. The molecule has 14 heavy (non-hydrogen) atoms. The van der Waals surface area contributed by atoms with Crippen LogP contribution in [-0.4, -0.2) is 29.0 Å². The first-order valence-electron chi connectivity index (χ1n) is 4.40. The van der Waals surface area contributed by atoms with Crippen LogP contribution >= 0.6 is 34.4 Å². The van der Waals surface area contributed by atoms with E-state index in [-0.39, 0.29) is 5.91 Å². The molecule has 1 saturated heterocycles. The van der Waals surface area contributed by atoms with E-state index in [4.69, 9.17) is 0 Å². The number of benzene rings is 1. The van der Waals surface area contributed by atoms with Gasteiger partial charge in [0.2, 0.25) is 0 Å². The van der Waals surface area contributed by atoms with E-state index in [0.717, 1.165) is 27.3 Å². The van der Waals surface area contributed by atoms with Crippen molar-refractivity contribution in [3.8, 4) is 0 Å². The minimum atomic E-state index is 0.161. The molecule has 0 atom stereocenters. The number of nitrogens with zero attached hydrogens (tertiary/aromatic N) is 1. The third-order valence-corrected chi connectivity index (χ3v) is 3.75. The van der Waals surface area contributed by atoms with Gasteiger partial charge in [0, 0.05) is 21.4 Å². The van der Waals surface area contributed by atoms with E-state index in [1.54, 1.807) is 0 Å². The number of thioether (sulfide) groups is 1. The van der Waals surface area contributed by atoms with Gasteiger partial charge in [-0.3, -0.25) is 4.79 Å². The van der Waals surface area contributed by atoms with E-state index in [1.807, 2.05) is 40.9 Å². The monoisotopic (exact) mass is 319 g/mol. The molecule has 4 heteroatoms. The summed E-state index contributed by atoms with van der Waals surface area (Å²) in [7, 11) is 0. The molecule has 0 spiro atoms. The molecule has 0 saturated carbocycles. The second-order valence-electron chi connectivity index (χ2n) is 3.12. The van der Waals surface area contributed by atoms with Gasteiger partial charge < -0.3 is 4.90 Å². The molecule has 1 aliphatic heterocycles. The van der Waals surface area contributed by atoms with Crippen molar-refractivity contribution in [2.24, 2.45) is 0 Å². The molecule has 0 bridgehead atoms. The van der Waals surface area contributed by atoms with Gasteiger partial charge in [0.15, 0.2) is 0 Å². The molecule has 2 nitrogen and oxygen atoms in total. The number of carbonyl (C=O) groups is 1. The number of amides is 1. The minimum absolute atomic E-state index is 0.161. The molecular weight excluding hydrogens is 309 g/mol. The second-order valence-corrected chi connectivity index (χ2v) is 5.44. The first-order valence-corrected chi connectivity index (χ1v) is 6.63. The van der Waals surface area contributed by atoms with Gasteiger partial charge in [0.1, 0.15) is 0 Å². The molecule has 1 aromatic carbocycles. The predicted octanol–water partition coefficient (Wildman–Crippen LogP) is 2.44. The van der Waals surface area contributed by atoms with Gasteiger partial charge in [-0.05, 0) is 40.8 Å². The fourth-order valence-corrected chi connectivity index (χ4v) is 2.87. The lowest BCUT2D eigenvalue weighted by molar-refractivity contribution is 0.0802. The predicted molar refractivity (Wildman–Crippen MR) is 67.5 cm³/mol. The first-order chi connectivity index (χ1) is 6.77. The van der Waals surface area contributed by atoms with Gasteiger partial charge in [-0.15, -0.1) is 11.8 Å². The van der Waals surface area contributed by atoms with Crippen molar-refractivity contribution in [2.45, 2.75) is 0 Å². The van der Waals surface area contributed by atoms with Crippen molar-refractivity contribution in [1.82, 2.24) is 4.90 Å². The maximum atomic E-state index is 11.9. The summed E-state index contributed by atoms with van der Waals surface area (Å²) in [5.41, 5.74) is 0.805. The summed E-state index contributed by atoms with van der Waals surface area (Å²) < 4.78 is 1.11. The van der Waals surface area contributed by atoms with Crippen molar-refractivity contribution in [2.75, 3.05) is 18.2 Å². The minimum Gasteiger partial charge on any atom is -0.329 e. The summed E-state index contributed by atoms with van der Waals surface area (Å²) in [5, 5.41) is 0. The Bertz CT molecular complexity index is 350. The Kier molecular flexibility index (Phi) is 3.33. The van der Waals surface area contributed by atoms with Crippen molar-refractivity contribution < 1.29 is 4.79 Å². The molecule has 0 aromatic heterocycles. The topological polar surface area (TPSA) is 20.3 Å². The van der Waals surface area contributed by atoms with E-state index in [1.165, 1.54) is 0 Å². The van der Waals surface area contributed by atoms with E-state index in [9.17, 15) is 4.79 Å². The Morgan fingerprint density at radius 2 is 2.36 bits per heavy atom. The summed E-state index contributed by atoms with van der Waals surface area (Å²) in [4.78, 5) is 13.8. The molecule has 1 aliphatic rings. The van der Waals surface area contributed by atoms with Crippen LogP contribution in [0, 0.1) is 3.57 Å². The van der Waals surface area contributed by atoms with Crippen molar-refractivity contribution in [3.63, 3.8) is 0 Å². The van der Waals surface area contributed by atoms with Crippen LogP contribution in [0.3, 0.4) is 0 Å². The lowest BCUT2D eigenvalue weighted by Gasteiger charge is -2.14. The summed E-state index contributed by atoms with van der Waals surface area (Å²) in [6.45, 7) is 0.884. The normalized spacial score (nSPS) is 15.9. The molecule has 1 amide bonds. The smallest absolute Gasteiger partial charge is 0.254 e. The van der Waals surface area contributed by atoms with Gasteiger partial charge in [0.25, 0.3) is 5.91 Å². The van der Waals surface area contributed by atoms with Gasteiger partial charge in [-0.25, -0.2) is 0 Å². The molecule has 0 radical (unpaired) electrons. The van der Waals surface area contributed by atoms with Crippen LogP contribution in [-0.2, 0) is 0 Å².